The van der Waals surface area contributed by atoms with Gasteiger partial charge in [-0.25, -0.2) is 4.98 Å². The zero-order chi connectivity index (χ0) is 9.26. The van der Waals surface area contributed by atoms with E-state index in [0.29, 0.717) is 5.16 Å². The van der Waals surface area contributed by atoms with Crippen LogP contribution in [0.3, 0.4) is 0 Å². The van der Waals surface area contributed by atoms with Crippen molar-refractivity contribution in [1.29, 1.82) is 0 Å². The van der Waals surface area contributed by atoms with Crippen LogP contribution >= 0.6 is 12.6 Å². The van der Waals surface area contributed by atoms with Gasteiger partial charge in [0.2, 0.25) is 0 Å². The molecule has 0 radical (unpaired) electrons. The molecule has 0 amide bonds. The molecule has 0 spiro atoms. The third-order valence-corrected chi connectivity index (χ3v) is 3.46. The number of imidazole rings is 1. The van der Waals surface area contributed by atoms with Crippen LogP contribution in [0.25, 0.3) is 11.0 Å². The van der Waals surface area contributed by atoms with E-state index in [4.69, 9.17) is 0 Å². The highest BCUT2D eigenvalue weighted by atomic mass is 32.1. The fraction of sp³-hybridized carbons (Fsp3) is 0. The number of nitrogens with zero attached hydrogens (tertiary/aromatic N) is 1. The molecule has 0 atom stereocenters. The van der Waals surface area contributed by atoms with E-state index in [-0.39, 0.29) is 9.52 Å². The van der Waals surface area contributed by atoms with Gasteiger partial charge in [-0.2, -0.15) is 0 Å². The maximum absolute atomic E-state index is 4.33. The topological polar surface area (TPSA) is 28.7 Å². The Hall–Kier alpha value is -1.00. The SMILES string of the molecule is C=C[SiH2]c1cccc2[nH]c(S)nc12. The fourth-order valence-electron chi connectivity index (χ4n) is 1.40. The normalized spacial score (nSPS) is 11.5. The van der Waals surface area contributed by atoms with E-state index in [1.807, 2.05) is 17.8 Å². The van der Waals surface area contributed by atoms with Crippen molar-refractivity contribution < 1.29 is 0 Å². The first-order valence-electron chi connectivity index (χ1n) is 4.08. The van der Waals surface area contributed by atoms with Crippen LogP contribution in [0.4, 0.5) is 0 Å². The fourth-order valence-corrected chi connectivity index (χ4v) is 2.67. The highest BCUT2D eigenvalue weighted by Crippen LogP contribution is 2.10. The van der Waals surface area contributed by atoms with Gasteiger partial charge in [0.05, 0.1) is 20.6 Å². The van der Waals surface area contributed by atoms with Gasteiger partial charge in [0.15, 0.2) is 5.16 Å². The maximum atomic E-state index is 4.33. The zero-order valence-corrected chi connectivity index (χ0v) is 9.43. The summed E-state index contributed by atoms with van der Waals surface area (Å²) in [5.74, 6) is 0. The summed E-state index contributed by atoms with van der Waals surface area (Å²) in [6, 6.07) is 6.17. The summed E-state index contributed by atoms with van der Waals surface area (Å²) in [7, 11) is -0.362. The summed E-state index contributed by atoms with van der Waals surface area (Å²) < 4.78 is 0. The van der Waals surface area contributed by atoms with E-state index in [0.717, 1.165) is 11.0 Å². The van der Waals surface area contributed by atoms with E-state index in [9.17, 15) is 0 Å². The van der Waals surface area contributed by atoms with Crippen molar-refractivity contribution in [2.75, 3.05) is 0 Å². The quantitative estimate of drug-likeness (QED) is 0.552. The first-order valence-corrected chi connectivity index (χ1v) is 6.06. The standard InChI is InChI=1S/C9H10N2SSi/c1-2-13-7-5-3-4-6-8(7)11-9(12)10-6/h2-5H,1,13H2,(H2,10,11,12). The molecule has 4 heteroatoms. The number of hydrogen-bond acceptors (Lipinski definition) is 2. The summed E-state index contributed by atoms with van der Waals surface area (Å²) >= 11 is 4.18. The summed E-state index contributed by atoms with van der Waals surface area (Å²) in [4.78, 5) is 7.43. The molecule has 0 unspecified atom stereocenters. The minimum atomic E-state index is -0.362. The van der Waals surface area contributed by atoms with E-state index in [1.54, 1.807) is 0 Å². The summed E-state index contributed by atoms with van der Waals surface area (Å²) in [6.07, 6.45) is 0. The Morgan fingerprint density at radius 3 is 3.15 bits per heavy atom. The smallest absolute Gasteiger partial charge is 0.163 e. The molecule has 0 fully saturated rings. The van der Waals surface area contributed by atoms with E-state index in [1.165, 1.54) is 5.19 Å². The molecule has 1 N–H and O–H groups in total. The second-order valence-electron chi connectivity index (χ2n) is 2.87. The highest BCUT2D eigenvalue weighted by Gasteiger charge is 2.03. The van der Waals surface area contributed by atoms with Gasteiger partial charge in [0.25, 0.3) is 0 Å². The number of nitrogens with one attached hydrogen (secondary N) is 1. The second kappa shape index (κ2) is 3.39. The van der Waals surface area contributed by atoms with Gasteiger partial charge in [-0.15, -0.1) is 24.9 Å². The molecule has 66 valence electrons. The average molecular weight is 206 g/mol. The molecule has 0 aliphatic heterocycles. The summed E-state index contributed by atoms with van der Waals surface area (Å²) in [5, 5.41) is 2.00. The van der Waals surface area contributed by atoms with Gasteiger partial charge in [-0.3, -0.25) is 0 Å². The number of benzene rings is 1. The lowest BCUT2D eigenvalue weighted by atomic mass is 10.3. The molecule has 2 nitrogen and oxygen atoms in total. The minimum absolute atomic E-state index is 0.362. The number of H-pyrrole nitrogens is 1. The van der Waals surface area contributed by atoms with Gasteiger partial charge in [0.1, 0.15) is 0 Å². The molecule has 0 saturated carbocycles. The molecule has 2 rings (SSSR count). The van der Waals surface area contributed by atoms with Gasteiger partial charge in [-0.05, 0) is 11.3 Å². The van der Waals surface area contributed by atoms with Crippen LogP contribution in [0.15, 0.2) is 35.6 Å². The lowest BCUT2D eigenvalue weighted by Gasteiger charge is -1.95. The summed E-state index contributed by atoms with van der Waals surface area (Å²) in [6.45, 7) is 3.77. The zero-order valence-electron chi connectivity index (χ0n) is 7.12. The number of thiol groups is 1. The molecule has 13 heavy (non-hydrogen) atoms. The number of rotatable bonds is 2. The monoisotopic (exact) mass is 206 g/mol. The molecule has 0 bridgehead atoms. The van der Waals surface area contributed by atoms with Gasteiger partial charge >= 0.3 is 0 Å². The molecule has 1 aromatic heterocycles. The Balaban J connectivity index is 2.67. The first-order chi connectivity index (χ1) is 6.31. The molecular weight excluding hydrogens is 196 g/mol. The van der Waals surface area contributed by atoms with Crippen molar-refractivity contribution in [1.82, 2.24) is 9.97 Å². The van der Waals surface area contributed by atoms with Crippen molar-refractivity contribution in [2.45, 2.75) is 5.16 Å². The average Bonchev–Trinajstić information content (AvgIpc) is 2.47. The number of hydrogen-bond donors (Lipinski definition) is 2. The highest BCUT2D eigenvalue weighted by molar-refractivity contribution is 7.80. The van der Waals surface area contributed by atoms with Crippen molar-refractivity contribution in [3.05, 3.63) is 30.5 Å². The molecule has 0 aliphatic rings. The Labute approximate surface area is 84.3 Å². The van der Waals surface area contributed by atoms with Crippen LogP contribution in [-0.2, 0) is 0 Å². The third kappa shape index (κ3) is 1.55. The number of aromatic nitrogens is 2. The van der Waals surface area contributed by atoms with Crippen LogP contribution in [-0.4, -0.2) is 19.5 Å². The molecule has 0 saturated heterocycles. The largest absolute Gasteiger partial charge is 0.333 e. The van der Waals surface area contributed by atoms with Crippen molar-refractivity contribution in [3.8, 4) is 0 Å². The number of fused-ring (bicyclic) bond motifs is 1. The molecular formula is C9H10N2SSi. The van der Waals surface area contributed by atoms with Gasteiger partial charge < -0.3 is 4.98 Å². The lowest BCUT2D eigenvalue weighted by Crippen LogP contribution is -2.12. The van der Waals surface area contributed by atoms with E-state index >= 15 is 0 Å². The molecule has 0 aliphatic carbocycles. The Morgan fingerprint density at radius 1 is 1.54 bits per heavy atom. The van der Waals surface area contributed by atoms with Crippen LogP contribution in [0.1, 0.15) is 0 Å². The van der Waals surface area contributed by atoms with Crippen LogP contribution in [0, 0.1) is 0 Å². The molecule has 2 aromatic rings. The lowest BCUT2D eigenvalue weighted by molar-refractivity contribution is 1.09. The van der Waals surface area contributed by atoms with Gasteiger partial charge in [0, 0.05) is 0 Å². The van der Waals surface area contributed by atoms with Crippen LogP contribution in [0.5, 0.6) is 0 Å². The van der Waals surface area contributed by atoms with E-state index in [2.05, 4.69) is 35.2 Å². The third-order valence-electron chi connectivity index (χ3n) is 1.95. The van der Waals surface area contributed by atoms with Crippen molar-refractivity contribution in [3.63, 3.8) is 0 Å². The predicted molar refractivity (Wildman–Crippen MR) is 61.7 cm³/mol. The Bertz CT molecular complexity index is 450. The molecule has 1 aromatic carbocycles. The summed E-state index contributed by atoms with van der Waals surface area (Å²) in [5.41, 5.74) is 4.14. The van der Waals surface area contributed by atoms with E-state index < -0.39 is 0 Å². The van der Waals surface area contributed by atoms with Crippen LogP contribution < -0.4 is 5.19 Å². The predicted octanol–water partition coefficient (Wildman–Crippen LogP) is 0.789. The Kier molecular flexibility index (Phi) is 2.24. The number of para-hydroxylation sites is 1. The Morgan fingerprint density at radius 2 is 2.38 bits per heavy atom. The van der Waals surface area contributed by atoms with Crippen molar-refractivity contribution in [2.24, 2.45) is 0 Å². The molecule has 1 heterocycles. The van der Waals surface area contributed by atoms with Crippen molar-refractivity contribution >= 4 is 38.4 Å². The van der Waals surface area contributed by atoms with Gasteiger partial charge in [-0.1, -0.05) is 12.1 Å². The maximum Gasteiger partial charge on any atom is 0.163 e. The van der Waals surface area contributed by atoms with Crippen LogP contribution in [0.2, 0.25) is 0 Å². The minimum Gasteiger partial charge on any atom is -0.333 e. The number of aromatic amines is 1. The second-order valence-corrected chi connectivity index (χ2v) is 5.04. The first kappa shape index (κ1) is 8.59.